The van der Waals surface area contributed by atoms with Gasteiger partial charge in [-0.1, -0.05) is 33.6 Å². The molecule has 2 fully saturated rings. The fourth-order valence-corrected chi connectivity index (χ4v) is 4.09. The van der Waals surface area contributed by atoms with Gasteiger partial charge in [-0.3, -0.25) is 0 Å². The van der Waals surface area contributed by atoms with E-state index in [0.29, 0.717) is 0 Å². The van der Waals surface area contributed by atoms with Gasteiger partial charge in [-0.05, 0) is 62.9 Å². The highest BCUT2D eigenvalue weighted by atomic mass is 15.1. The number of nitrogens with zero attached hydrogens (tertiary/aromatic N) is 1. The Kier molecular flexibility index (Phi) is 6.83. The lowest BCUT2D eigenvalue weighted by Crippen LogP contribution is -2.46. The molecule has 118 valence electrons. The Bertz CT molecular complexity index is 262. The summed E-state index contributed by atoms with van der Waals surface area (Å²) in [6.45, 7) is 12.0. The summed E-state index contributed by atoms with van der Waals surface area (Å²) in [6.07, 6.45) is 10.1. The van der Waals surface area contributed by atoms with Gasteiger partial charge < -0.3 is 10.2 Å². The second-order valence-electron chi connectivity index (χ2n) is 7.19. The van der Waals surface area contributed by atoms with Crippen LogP contribution in [0.25, 0.3) is 0 Å². The van der Waals surface area contributed by atoms with Crippen molar-refractivity contribution in [3.63, 3.8) is 0 Å². The van der Waals surface area contributed by atoms with E-state index in [1.54, 1.807) is 0 Å². The van der Waals surface area contributed by atoms with Crippen LogP contribution in [0, 0.1) is 17.8 Å². The van der Waals surface area contributed by atoms with Gasteiger partial charge in [0.15, 0.2) is 0 Å². The Morgan fingerprint density at radius 2 is 1.70 bits per heavy atom. The molecule has 0 saturated heterocycles. The van der Waals surface area contributed by atoms with Gasteiger partial charge in [0.1, 0.15) is 0 Å². The van der Waals surface area contributed by atoms with Crippen molar-refractivity contribution >= 4 is 0 Å². The number of hydrogen-bond donors (Lipinski definition) is 1. The maximum atomic E-state index is 3.77. The molecule has 0 aromatic heterocycles. The van der Waals surface area contributed by atoms with Crippen molar-refractivity contribution in [1.29, 1.82) is 0 Å². The van der Waals surface area contributed by atoms with E-state index in [9.17, 15) is 0 Å². The van der Waals surface area contributed by atoms with E-state index in [1.807, 2.05) is 0 Å². The van der Waals surface area contributed by atoms with Crippen molar-refractivity contribution in [2.45, 2.75) is 71.8 Å². The van der Waals surface area contributed by atoms with Crippen LogP contribution < -0.4 is 5.32 Å². The summed E-state index contributed by atoms with van der Waals surface area (Å²) in [5, 5.41) is 3.77. The van der Waals surface area contributed by atoms with Crippen LogP contribution in [0.4, 0.5) is 0 Å². The topological polar surface area (TPSA) is 15.3 Å². The molecule has 2 aliphatic rings. The summed E-state index contributed by atoms with van der Waals surface area (Å²) < 4.78 is 0. The summed E-state index contributed by atoms with van der Waals surface area (Å²) in [5.41, 5.74) is 0. The van der Waals surface area contributed by atoms with Gasteiger partial charge in [0.05, 0.1) is 0 Å². The Labute approximate surface area is 126 Å². The molecule has 0 spiro atoms. The van der Waals surface area contributed by atoms with Crippen LogP contribution in [-0.2, 0) is 0 Å². The first-order chi connectivity index (χ1) is 9.76. The summed E-state index contributed by atoms with van der Waals surface area (Å²) in [6, 6.07) is 0.779. The minimum Gasteiger partial charge on any atom is -0.314 e. The van der Waals surface area contributed by atoms with Crippen molar-refractivity contribution < 1.29 is 0 Å². The molecular weight excluding hydrogens is 244 g/mol. The van der Waals surface area contributed by atoms with E-state index in [4.69, 9.17) is 0 Å². The molecule has 0 aliphatic heterocycles. The minimum atomic E-state index is 0.779. The van der Waals surface area contributed by atoms with Crippen LogP contribution in [0.3, 0.4) is 0 Å². The highest BCUT2D eigenvalue weighted by molar-refractivity contribution is 4.87. The Hall–Kier alpha value is -0.0800. The van der Waals surface area contributed by atoms with Gasteiger partial charge in [-0.15, -0.1) is 0 Å². The molecule has 2 saturated carbocycles. The normalized spacial score (nSPS) is 30.9. The molecule has 2 nitrogen and oxygen atoms in total. The summed E-state index contributed by atoms with van der Waals surface area (Å²) >= 11 is 0. The van der Waals surface area contributed by atoms with E-state index in [-0.39, 0.29) is 0 Å². The van der Waals surface area contributed by atoms with Gasteiger partial charge in [0.25, 0.3) is 0 Å². The molecule has 20 heavy (non-hydrogen) atoms. The Morgan fingerprint density at radius 3 is 2.30 bits per heavy atom. The van der Waals surface area contributed by atoms with E-state index in [0.717, 1.165) is 30.3 Å². The molecule has 0 bridgehead atoms. The number of nitrogens with one attached hydrogen (secondary N) is 1. The molecule has 0 radical (unpaired) electrons. The zero-order valence-corrected chi connectivity index (χ0v) is 14.0. The third-order valence-corrected chi connectivity index (χ3v) is 5.41. The fourth-order valence-electron chi connectivity index (χ4n) is 4.09. The van der Waals surface area contributed by atoms with Gasteiger partial charge in [0.2, 0.25) is 0 Å². The zero-order chi connectivity index (χ0) is 14.4. The largest absolute Gasteiger partial charge is 0.314 e. The monoisotopic (exact) mass is 280 g/mol. The van der Waals surface area contributed by atoms with Crippen LogP contribution in [0.2, 0.25) is 0 Å². The van der Waals surface area contributed by atoms with Crippen LogP contribution in [0.15, 0.2) is 0 Å². The predicted octanol–water partition coefficient (Wildman–Crippen LogP) is 3.91. The van der Waals surface area contributed by atoms with Gasteiger partial charge in [-0.25, -0.2) is 0 Å². The highest BCUT2D eigenvalue weighted by Crippen LogP contribution is 2.34. The smallest absolute Gasteiger partial charge is 0.0108 e. The summed E-state index contributed by atoms with van der Waals surface area (Å²) in [7, 11) is 0. The predicted molar refractivity (Wildman–Crippen MR) is 88.0 cm³/mol. The third kappa shape index (κ3) is 5.04. The average molecular weight is 281 g/mol. The second-order valence-corrected chi connectivity index (χ2v) is 7.19. The molecule has 1 N–H and O–H groups in total. The summed E-state index contributed by atoms with van der Waals surface area (Å²) in [5.74, 6) is 2.92. The van der Waals surface area contributed by atoms with Crippen LogP contribution in [0.5, 0.6) is 0 Å². The summed E-state index contributed by atoms with van der Waals surface area (Å²) in [4.78, 5) is 2.74. The quantitative estimate of drug-likeness (QED) is 0.689. The zero-order valence-electron chi connectivity index (χ0n) is 14.0. The molecule has 2 heteroatoms. The first-order valence-electron chi connectivity index (χ1n) is 9.22. The molecule has 0 aromatic rings. The Morgan fingerprint density at radius 1 is 0.950 bits per heavy atom. The highest BCUT2D eigenvalue weighted by Gasteiger charge is 2.32. The Balaban J connectivity index is 1.86. The van der Waals surface area contributed by atoms with Gasteiger partial charge in [0, 0.05) is 19.1 Å². The third-order valence-electron chi connectivity index (χ3n) is 5.41. The van der Waals surface area contributed by atoms with Crippen molar-refractivity contribution in [3.8, 4) is 0 Å². The number of rotatable bonds is 9. The first kappa shape index (κ1) is 16.3. The molecule has 2 rings (SSSR count). The lowest BCUT2D eigenvalue weighted by atomic mass is 9.76. The van der Waals surface area contributed by atoms with Crippen molar-refractivity contribution in [2.75, 3.05) is 26.2 Å². The number of hydrogen-bond acceptors (Lipinski definition) is 2. The molecular formula is C18H36N2. The van der Waals surface area contributed by atoms with Crippen molar-refractivity contribution in [3.05, 3.63) is 0 Å². The van der Waals surface area contributed by atoms with Crippen LogP contribution in [0.1, 0.15) is 65.7 Å². The van der Waals surface area contributed by atoms with E-state index in [2.05, 4.69) is 31.0 Å². The molecule has 3 unspecified atom stereocenters. The van der Waals surface area contributed by atoms with Gasteiger partial charge in [-0.2, -0.15) is 0 Å². The van der Waals surface area contributed by atoms with E-state index >= 15 is 0 Å². The average Bonchev–Trinajstić information content (AvgIpc) is 3.25. The van der Waals surface area contributed by atoms with Crippen molar-refractivity contribution in [2.24, 2.45) is 17.8 Å². The lowest BCUT2D eigenvalue weighted by molar-refractivity contribution is 0.136. The van der Waals surface area contributed by atoms with Gasteiger partial charge >= 0.3 is 0 Å². The fraction of sp³-hybridized carbons (Fsp3) is 1.00. The lowest BCUT2D eigenvalue weighted by Gasteiger charge is -2.39. The molecule has 0 heterocycles. The maximum absolute atomic E-state index is 3.77. The van der Waals surface area contributed by atoms with Crippen LogP contribution >= 0.6 is 0 Å². The van der Waals surface area contributed by atoms with E-state index in [1.165, 1.54) is 64.6 Å². The molecule has 3 atom stereocenters. The second kappa shape index (κ2) is 8.38. The molecule has 0 aromatic carbocycles. The maximum Gasteiger partial charge on any atom is 0.0108 e. The standard InChI is InChI=1S/C18H36N2/c1-4-7-15-10-11-18(19-5-2)17(12-15)14-20(6-3)13-16-8-9-16/h15-19H,4-14H2,1-3H3. The first-order valence-corrected chi connectivity index (χ1v) is 9.22. The van der Waals surface area contributed by atoms with Crippen molar-refractivity contribution in [1.82, 2.24) is 10.2 Å². The van der Waals surface area contributed by atoms with E-state index < -0.39 is 0 Å². The molecule has 2 aliphatic carbocycles. The van der Waals surface area contributed by atoms with Crippen LogP contribution in [-0.4, -0.2) is 37.1 Å². The SMILES string of the molecule is CCCC1CCC(NCC)C(CN(CC)CC2CC2)C1. The minimum absolute atomic E-state index is 0.779. The molecule has 0 amide bonds.